The summed E-state index contributed by atoms with van der Waals surface area (Å²) in [5, 5.41) is 9.33. The minimum absolute atomic E-state index is 0.0262. The second-order valence-corrected chi connectivity index (χ2v) is 8.78. The Balaban J connectivity index is 1.76. The predicted octanol–water partition coefficient (Wildman–Crippen LogP) is 3.29. The van der Waals surface area contributed by atoms with Gasteiger partial charge in [0.2, 0.25) is 5.91 Å². The van der Waals surface area contributed by atoms with Gasteiger partial charge in [0.1, 0.15) is 6.04 Å². The second kappa shape index (κ2) is 6.14. The van der Waals surface area contributed by atoms with Gasteiger partial charge in [-0.1, -0.05) is 0 Å². The lowest BCUT2D eigenvalue weighted by atomic mass is 10.2. The Bertz CT molecular complexity index is 597. The van der Waals surface area contributed by atoms with E-state index in [1.165, 1.54) is 17.4 Å². The minimum atomic E-state index is -0.911. The molecule has 1 aromatic rings. The molecular weight excluding hydrogens is 374 g/mol. The highest BCUT2D eigenvalue weighted by atomic mass is 79.9. The predicted molar refractivity (Wildman–Crippen MR) is 88.3 cm³/mol. The van der Waals surface area contributed by atoms with Crippen molar-refractivity contribution in [2.24, 2.45) is 5.92 Å². The number of nitrogens with zero attached hydrogens (tertiary/aromatic N) is 1. The second-order valence-electron chi connectivity index (χ2n) is 5.14. The quantitative estimate of drug-likeness (QED) is 0.805. The first kappa shape index (κ1) is 15.1. The van der Waals surface area contributed by atoms with E-state index in [4.69, 9.17) is 0 Å². The molecule has 0 radical (unpaired) electrons. The number of hydrogen-bond donors (Lipinski definition) is 1. The SMILES string of the molecule is O=C(O)C1CSC(C2CC2)N1C(=O)C=Cc1ccc(Br)s1. The number of carboxylic acid groups (broad SMARTS) is 1. The molecule has 2 aliphatic rings. The molecule has 1 aromatic heterocycles. The highest BCUT2D eigenvalue weighted by molar-refractivity contribution is 9.11. The van der Waals surface area contributed by atoms with Crippen molar-refractivity contribution in [2.45, 2.75) is 24.3 Å². The number of carboxylic acids is 1. The van der Waals surface area contributed by atoms with E-state index in [-0.39, 0.29) is 11.3 Å². The van der Waals surface area contributed by atoms with Gasteiger partial charge >= 0.3 is 5.97 Å². The summed E-state index contributed by atoms with van der Waals surface area (Å²) in [6.07, 6.45) is 5.43. The Morgan fingerprint density at radius 3 is 2.71 bits per heavy atom. The van der Waals surface area contributed by atoms with E-state index in [9.17, 15) is 14.7 Å². The standard InChI is InChI=1S/C14H14BrNO3S2/c15-11-5-3-9(21-11)4-6-12(17)16-10(14(18)19)7-20-13(16)8-1-2-8/h3-6,8,10,13H,1-2,7H2,(H,18,19). The van der Waals surface area contributed by atoms with E-state index in [0.717, 1.165) is 21.5 Å². The molecule has 1 saturated heterocycles. The first-order valence-corrected chi connectivity index (χ1v) is 9.32. The summed E-state index contributed by atoms with van der Waals surface area (Å²) in [7, 11) is 0. The molecule has 2 unspecified atom stereocenters. The largest absolute Gasteiger partial charge is 0.480 e. The van der Waals surface area contributed by atoms with Crippen molar-refractivity contribution in [1.82, 2.24) is 4.90 Å². The molecule has 2 heterocycles. The van der Waals surface area contributed by atoms with Crippen LogP contribution in [-0.4, -0.2) is 39.1 Å². The topological polar surface area (TPSA) is 57.6 Å². The van der Waals surface area contributed by atoms with E-state index in [0.29, 0.717) is 11.7 Å². The van der Waals surface area contributed by atoms with Crippen LogP contribution in [0.2, 0.25) is 0 Å². The summed E-state index contributed by atoms with van der Waals surface area (Å²) >= 11 is 6.51. The highest BCUT2D eigenvalue weighted by Gasteiger charge is 2.47. The van der Waals surface area contributed by atoms with Crippen LogP contribution in [0.25, 0.3) is 6.08 Å². The van der Waals surface area contributed by atoms with E-state index < -0.39 is 12.0 Å². The number of thiophene rings is 1. The molecule has 0 aromatic carbocycles. The molecule has 112 valence electrons. The smallest absolute Gasteiger partial charge is 0.327 e. The molecule has 4 nitrogen and oxygen atoms in total. The van der Waals surface area contributed by atoms with Gasteiger partial charge < -0.3 is 10.0 Å². The molecule has 1 N–H and O–H groups in total. The van der Waals surface area contributed by atoms with Gasteiger partial charge in [-0.2, -0.15) is 0 Å². The average molecular weight is 388 g/mol. The van der Waals surface area contributed by atoms with Gasteiger partial charge in [-0.15, -0.1) is 23.1 Å². The van der Waals surface area contributed by atoms with Crippen LogP contribution in [0.1, 0.15) is 17.7 Å². The average Bonchev–Trinajstić information content (AvgIpc) is 3.04. The lowest BCUT2D eigenvalue weighted by Gasteiger charge is -2.26. The number of carbonyl (C=O) groups excluding carboxylic acids is 1. The molecule has 1 aliphatic heterocycles. The zero-order valence-corrected chi connectivity index (χ0v) is 14.3. The Hall–Kier alpha value is -0.790. The summed E-state index contributed by atoms with van der Waals surface area (Å²) in [4.78, 5) is 26.3. The summed E-state index contributed by atoms with van der Waals surface area (Å²) in [5.74, 6) is -0.159. The van der Waals surface area contributed by atoms with Crippen molar-refractivity contribution in [3.63, 3.8) is 0 Å². The number of aliphatic carboxylic acids is 1. The molecule has 21 heavy (non-hydrogen) atoms. The number of halogens is 1. The van der Waals surface area contributed by atoms with Crippen molar-refractivity contribution >= 4 is 57.0 Å². The van der Waals surface area contributed by atoms with Crippen LogP contribution in [-0.2, 0) is 9.59 Å². The highest BCUT2D eigenvalue weighted by Crippen LogP contribution is 2.45. The zero-order chi connectivity index (χ0) is 15.0. The lowest BCUT2D eigenvalue weighted by molar-refractivity contribution is -0.147. The number of thioether (sulfide) groups is 1. The van der Waals surface area contributed by atoms with Crippen molar-refractivity contribution in [3.05, 3.63) is 26.9 Å². The van der Waals surface area contributed by atoms with Gasteiger partial charge in [-0.3, -0.25) is 4.79 Å². The third-order valence-electron chi connectivity index (χ3n) is 3.58. The third-order valence-corrected chi connectivity index (χ3v) is 6.63. The molecule has 2 atom stereocenters. The van der Waals surface area contributed by atoms with Crippen LogP contribution in [0.5, 0.6) is 0 Å². The van der Waals surface area contributed by atoms with E-state index in [1.54, 1.807) is 22.7 Å². The molecule has 3 rings (SSSR count). The van der Waals surface area contributed by atoms with Crippen LogP contribution in [0, 0.1) is 5.92 Å². The van der Waals surface area contributed by atoms with Gasteiger partial charge in [-0.05, 0) is 52.9 Å². The first-order chi connectivity index (χ1) is 10.1. The molecular formula is C14H14BrNO3S2. The molecule has 1 aliphatic carbocycles. The minimum Gasteiger partial charge on any atom is -0.480 e. The van der Waals surface area contributed by atoms with Gasteiger partial charge in [0.15, 0.2) is 0 Å². The zero-order valence-electron chi connectivity index (χ0n) is 11.1. The monoisotopic (exact) mass is 387 g/mol. The van der Waals surface area contributed by atoms with Crippen LogP contribution < -0.4 is 0 Å². The fourth-order valence-electron chi connectivity index (χ4n) is 2.40. The first-order valence-electron chi connectivity index (χ1n) is 6.66. The van der Waals surface area contributed by atoms with Crippen LogP contribution in [0.3, 0.4) is 0 Å². The van der Waals surface area contributed by atoms with Gasteiger partial charge in [0.05, 0.1) is 9.16 Å². The molecule has 7 heteroatoms. The van der Waals surface area contributed by atoms with Crippen molar-refractivity contribution < 1.29 is 14.7 Å². The Morgan fingerprint density at radius 2 is 2.14 bits per heavy atom. The van der Waals surface area contributed by atoms with E-state index >= 15 is 0 Å². The lowest BCUT2D eigenvalue weighted by Crippen LogP contribution is -2.45. The Morgan fingerprint density at radius 1 is 1.38 bits per heavy atom. The summed E-state index contributed by atoms with van der Waals surface area (Å²) in [6.45, 7) is 0. The molecule has 0 spiro atoms. The number of hydrogen-bond acceptors (Lipinski definition) is 4. The Labute approximate surface area is 139 Å². The fourth-order valence-corrected chi connectivity index (χ4v) is 5.36. The van der Waals surface area contributed by atoms with Gasteiger partial charge in [0.25, 0.3) is 0 Å². The van der Waals surface area contributed by atoms with E-state index in [1.807, 2.05) is 12.1 Å². The van der Waals surface area contributed by atoms with Gasteiger partial charge in [-0.25, -0.2) is 4.79 Å². The number of rotatable bonds is 4. The molecule has 2 fully saturated rings. The molecule has 1 amide bonds. The van der Waals surface area contributed by atoms with Crippen molar-refractivity contribution in [3.8, 4) is 0 Å². The number of amides is 1. The summed E-state index contributed by atoms with van der Waals surface area (Å²) in [6, 6.07) is 3.14. The maximum absolute atomic E-state index is 12.4. The molecule has 1 saturated carbocycles. The van der Waals surface area contributed by atoms with Crippen LogP contribution >= 0.6 is 39.0 Å². The maximum Gasteiger partial charge on any atom is 0.327 e. The van der Waals surface area contributed by atoms with Crippen molar-refractivity contribution in [2.75, 3.05) is 5.75 Å². The third kappa shape index (κ3) is 3.35. The van der Waals surface area contributed by atoms with E-state index in [2.05, 4.69) is 15.9 Å². The maximum atomic E-state index is 12.4. The van der Waals surface area contributed by atoms with Crippen LogP contribution in [0.4, 0.5) is 0 Å². The van der Waals surface area contributed by atoms with Gasteiger partial charge in [0, 0.05) is 16.7 Å². The fraction of sp³-hybridized carbons (Fsp3) is 0.429. The summed E-state index contributed by atoms with van der Waals surface area (Å²) < 4.78 is 1.01. The number of carbonyl (C=O) groups is 2. The summed E-state index contributed by atoms with van der Waals surface area (Å²) in [5.41, 5.74) is 0. The molecule has 0 bridgehead atoms. The normalized spacial score (nSPS) is 25.7. The van der Waals surface area contributed by atoms with Crippen molar-refractivity contribution in [1.29, 1.82) is 0 Å². The van der Waals surface area contributed by atoms with Crippen LogP contribution in [0.15, 0.2) is 22.0 Å². The Kier molecular flexibility index (Phi) is 4.42.